The minimum atomic E-state index is -0.232. The van der Waals surface area contributed by atoms with Crippen molar-refractivity contribution >= 4 is 11.6 Å². The molecule has 0 aliphatic carbocycles. The molecule has 104 valence electrons. The highest BCUT2D eigenvalue weighted by molar-refractivity contribution is 5.92. The van der Waals surface area contributed by atoms with Gasteiger partial charge >= 0.3 is 0 Å². The number of anilines is 1. The van der Waals surface area contributed by atoms with Crippen LogP contribution in [0.3, 0.4) is 0 Å². The molecule has 2 aromatic carbocycles. The van der Waals surface area contributed by atoms with Crippen LogP contribution in [0.4, 0.5) is 10.1 Å². The molecule has 0 radical (unpaired) electrons. The first kappa shape index (κ1) is 14.2. The number of amides is 1. The zero-order valence-corrected chi connectivity index (χ0v) is 11.1. The lowest BCUT2D eigenvalue weighted by Crippen LogP contribution is -2.29. The summed E-state index contributed by atoms with van der Waals surface area (Å²) in [6.45, 7) is 0.871. The van der Waals surface area contributed by atoms with Crippen LogP contribution >= 0.6 is 0 Å². The van der Waals surface area contributed by atoms with Crippen LogP contribution in [0.15, 0.2) is 54.6 Å². The molecule has 0 unspecified atom stereocenters. The fraction of sp³-hybridized carbons (Fsp3) is 0.188. The van der Waals surface area contributed by atoms with E-state index in [4.69, 9.17) is 0 Å². The first-order valence-corrected chi connectivity index (χ1v) is 6.54. The maximum atomic E-state index is 13.0. The predicted octanol–water partition coefficient (Wildman–Crippen LogP) is 2.60. The van der Waals surface area contributed by atoms with Crippen molar-refractivity contribution in [1.29, 1.82) is 0 Å². The molecule has 3 nitrogen and oxygen atoms in total. The smallest absolute Gasteiger partial charge is 0.238 e. The lowest BCUT2D eigenvalue weighted by Gasteiger charge is -2.06. The number of benzene rings is 2. The third kappa shape index (κ3) is 4.82. The normalized spacial score (nSPS) is 10.2. The Morgan fingerprint density at radius 3 is 2.60 bits per heavy atom. The molecule has 2 rings (SSSR count). The highest BCUT2D eigenvalue weighted by Crippen LogP contribution is 2.04. The second-order valence-electron chi connectivity index (χ2n) is 4.47. The number of hydrogen-bond acceptors (Lipinski definition) is 2. The average molecular weight is 272 g/mol. The molecule has 1 amide bonds. The van der Waals surface area contributed by atoms with Crippen molar-refractivity contribution in [2.45, 2.75) is 6.42 Å². The Bertz CT molecular complexity index is 557. The Morgan fingerprint density at radius 1 is 1.05 bits per heavy atom. The Morgan fingerprint density at radius 2 is 1.85 bits per heavy atom. The molecule has 0 fully saturated rings. The zero-order valence-electron chi connectivity index (χ0n) is 11.1. The fourth-order valence-electron chi connectivity index (χ4n) is 1.85. The lowest BCUT2D eigenvalue weighted by atomic mass is 10.1. The van der Waals surface area contributed by atoms with Gasteiger partial charge in [0.15, 0.2) is 0 Å². The van der Waals surface area contributed by atoms with E-state index >= 15 is 0 Å². The average Bonchev–Trinajstić information content (AvgIpc) is 2.45. The molecule has 4 heteroatoms. The van der Waals surface area contributed by atoms with Gasteiger partial charge in [-0.2, -0.15) is 0 Å². The Hall–Kier alpha value is -2.20. The summed E-state index contributed by atoms with van der Waals surface area (Å²) < 4.78 is 13.0. The molecule has 20 heavy (non-hydrogen) atoms. The van der Waals surface area contributed by atoms with Crippen LogP contribution in [-0.2, 0) is 11.2 Å². The largest absolute Gasteiger partial charge is 0.325 e. The SMILES string of the molecule is O=C(CNCCc1cccc(F)c1)Nc1ccccc1. The van der Waals surface area contributed by atoms with Gasteiger partial charge < -0.3 is 10.6 Å². The van der Waals surface area contributed by atoms with Gasteiger partial charge in [0, 0.05) is 5.69 Å². The summed E-state index contributed by atoms with van der Waals surface area (Å²) in [6.07, 6.45) is 0.691. The summed E-state index contributed by atoms with van der Waals surface area (Å²) >= 11 is 0. The van der Waals surface area contributed by atoms with Crippen molar-refractivity contribution in [3.05, 3.63) is 66.0 Å². The van der Waals surface area contributed by atoms with Crippen LogP contribution in [-0.4, -0.2) is 19.0 Å². The summed E-state index contributed by atoms with van der Waals surface area (Å²) in [5.41, 5.74) is 1.70. The minimum Gasteiger partial charge on any atom is -0.325 e. The molecule has 0 bridgehead atoms. The number of carbonyl (C=O) groups excluding carboxylic acids is 1. The van der Waals surface area contributed by atoms with E-state index in [-0.39, 0.29) is 18.3 Å². The first-order chi connectivity index (χ1) is 9.74. The van der Waals surface area contributed by atoms with E-state index in [9.17, 15) is 9.18 Å². The highest BCUT2D eigenvalue weighted by Gasteiger charge is 2.01. The Labute approximate surface area is 117 Å². The molecular formula is C16H17FN2O. The molecule has 2 aromatic rings. The molecular weight excluding hydrogens is 255 g/mol. The maximum Gasteiger partial charge on any atom is 0.238 e. The number of nitrogens with one attached hydrogen (secondary N) is 2. The van der Waals surface area contributed by atoms with E-state index in [1.54, 1.807) is 6.07 Å². The van der Waals surface area contributed by atoms with Gasteiger partial charge in [-0.05, 0) is 42.8 Å². The summed E-state index contributed by atoms with van der Waals surface area (Å²) in [6, 6.07) is 15.8. The van der Waals surface area contributed by atoms with Gasteiger partial charge in [0.25, 0.3) is 0 Å². The van der Waals surface area contributed by atoms with Crippen LogP contribution in [0.25, 0.3) is 0 Å². The second kappa shape index (κ2) is 7.40. The minimum absolute atomic E-state index is 0.0876. The second-order valence-corrected chi connectivity index (χ2v) is 4.47. The molecule has 0 aliphatic rings. The number of halogens is 1. The third-order valence-corrected chi connectivity index (χ3v) is 2.82. The van der Waals surface area contributed by atoms with Gasteiger partial charge in [-0.15, -0.1) is 0 Å². The summed E-state index contributed by atoms with van der Waals surface area (Å²) in [5, 5.41) is 5.83. The van der Waals surface area contributed by atoms with Gasteiger partial charge in [0.05, 0.1) is 6.54 Å². The van der Waals surface area contributed by atoms with Crippen LogP contribution < -0.4 is 10.6 Å². The van der Waals surface area contributed by atoms with Gasteiger partial charge in [-0.1, -0.05) is 30.3 Å². The standard InChI is InChI=1S/C16H17FN2O/c17-14-6-4-5-13(11-14)9-10-18-12-16(20)19-15-7-2-1-3-8-15/h1-8,11,18H,9-10,12H2,(H,19,20). The summed E-state index contributed by atoms with van der Waals surface area (Å²) in [7, 11) is 0. The van der Waals surface area contributed by atoms with Crippen molar-refractivity contribution in [1.82, 2.24) is 5.32 Å². The molecule has 0 heterocycles. The summed E-state index contributed by atoms with van der Waals surface area (Å²) in [5.74, 6) is -0.320. The van der Waals surface area contributed by atoms with E-state index in [0.29, 0.717) is 13.0 Å². The molecule has 0 saturated carbocycles. The van der Waals surface area contributed by atoms with Crippen molar-refractivity contribution in [3.8, 4) is 0 Å². The first-order valence-electron chi connectivity index (χ1n) is 6.54. The molecule has 0 saturated heterocycles. The number of para-hydroxylation sites is 1. The maximum absolute atomic E-state index is 13.0. The van der Waals surface area contributed by atoms with Gasteiger partial charge in [-0.3, -0.25) is 4.79 Å². The van der Waals surface area contributed by atoms with Gasteiger partial charge in [0.1, 0.15) is 5.82 Å². The van der Waals surface area contributed by atoms with E-state index in [0.717, 1.165) is 11.3 Å². The van der Waals surface area contributed by atoms with Crippen LogP contribution in [0.1, 0.15) is 5.56 Å². The molecule has 0 spiro atoms. The topological polar surface area (TPSA) is 41.1 Å². The highest BCUT2D eigenvalue weighted by atomic mass is 19.1. The van der Waals surface area contributed by atoms with Crippen LogP contribution in [0, 0.1) is 5.82 Å². The number of rotatable bonds is 6. The molecule has 0 aromatic heterocycles. The fourth-order valence-corrected chi connectivity index (χ4v) is 1.85. The third-order valence-electron chi connectivity index (χ3n) is 2.82. The van der Waals surface area contributed by atoms with E-state index < -0.39 is 0 Å². The Balaban J connectivity index is 1.67. The van der Waals surface area contributed by atoms with Crippen LogP contribution in [0.2, 0.25) is 0 Å². The van der Waals surface area contributed by atoms with Crippen molar-refractivity contribution in [2.24, 2.45) is 0 Å². The lowest BCUT2D eigenvalue weighted by molar-refractivity contribution is -0.115. The zero-order chi connectivity index (χ0) is 14.2. The predicted molar refractivity (Wildman–Crippen MR) is 78.0 cm³/mol. The summed E-state index contributed by atoms with van der Waals surface area (Å²) in [4.78, 5) is 11.6. The quantitative estimate of drug-likeness (QED) is 0.794. The number of hydrogen-bond donors (Lipinski definition) is 2. The van der Waals surface area contributed by atoms with E-state index in [1.807, 2.05) is 36.4 Å². The monoisotopic (exact) mass is 272 g/mol. The van der Waals surface area contributed by atoms with E-state index in [2.05, 4.69) is 10.6 Å². The van der Waals surface area contributed by atoms with Crippen LogP contribution in [0.5, 0.6) is 0 Å². The molecule has 2 N–H and O–H groups in total. The Kier molecular flexibility index (Phi) is 5.26. The van der Waals surface area contributed by atoms with Crippen molar-refractivity contribution < 1.29 is 9.18 Å². The van der Waals surface area contributed by atoms with Crippen molar-refractivity contribution in [2.75, 3.05) is 18.4 Å². The molecule has 0 aliphatic heterocycles. The number of carbonyl (C=O) groups is 1. The van der Waals surface area contributed by atoms with Gasteiger partial charge in [0.2, 0.25) is 5.91 Å². The van der Waals surface area contributed by atoms with Crippen molar-refractivity contribution in [3.63, 3.8) is 0 Å². The van der Waals surface area contributed by atoms with Gasteiger partial charge in [-0.25, -0.2) is 4.39 Å². The molecule has 0 atom stereocenters. The van der Waals surface area contributed by atoms with E-state index in [1.165, 1.54) is 12.1 Å².